The van der Waals surface area contributed by atoms with Crippen molar-refractivity contribution in [3.05, 3.63) is 47.1 Å². The Balaban J connectivity index is 2.14. The van der Waals surface area contributed by atoms with Crippen LogP contribution in [0.5, 0.6) is 0 Å². The minimum atomic E-state index is -4.56. The first-order chi connectivity index (χ1) is 11.8. The first-order valence-corrected chi connectivity index (χ1v) is 11.9. The number of hydrogen-bond donors (Lipinski definition) is 0. The predicted molar refractivity (Wildman–Crippen MR) is 98.8 cm³/mol. The summed E-state index contributed by atoms with van der Waals surface area (Å²) in [5.74, 6) is 4.85. The topological polar surface area (TPSA) is 26.3 Å². The Morgan fingerprint density at radius 1 is 1.15 bits per heavy atom. The van der Waals surface area contributed by atoms with Crippen LogP contribution in [0.2, 0.25) is 19.6 Å². The van der Waals surface area contributed by atoms with Crippen LogP contribution in [0.3, 0.4) is 0 Å². The van der Waals surface area contributed by atoms with E-state index in [1.807, 2.05) is 19.1 Å². The summed E-state index contributed by atoms with van der Waals surface area (Å²) in [6, 6.07) is 0. The summed E-state index contributed by atoms with van der Waals surface area (Å²) in [5.41, 5.74) is -0.0759. The minimum absolute atomic E-state index is 0.0554. The average Bonchev–Trinajstić information content (AvgIpc) is 2.89. The molecule has 2 rings (SSSR count). The number of alkyl halides is 3. The molecule has 2 aliphatic rings. The van der Waals surface area contributed by atoms with E-state index >= 15 is 0 Å². The lowest BCUT2D eigenvalue weighted by Crippen LogP contribution is -2.50. The molecule has 0 amide bonds. The smallest absolute Gasteiger partial charge is 0.395 e. The lowest BCUT2D eigenvalue weighted by atomic mass is 9.87. The average molecular weight is 380 g/mol. The molecule has 0 N–H and O–H groups in total. The molecular weight excluding hydrogens is 357 g/mol. The second kappa shape index (κ2) is 7.05. The van der Waals surface area contributed by atoms with Gasteiger partial charge in [-0.3, -0.25) is 4.79 Å². The van der Waals surface area contributed by atoms with Crippen LogP contribution in [-0.4, -0.2) is 25.9 Å². The Kier molecular flexibility index (Phi) is 5.55. The second-order valence-corrected chi connectivity index (χ2v) is 12.1. The van der Waals surface area contributed by atoms with Crippen molar-refractivity contribution in [2.75, 3.05) is 0 Å². The second-order valence-electron chi connectivity index (χ2n) is 7.66. The zero-order chi connectivity index (χ0) is 19.8. The number of allylic oxidation sites excluding steroid dienone is 8. The van der Waals surface area contributed by atoms with Gasteiger partial charge in [-0.2, -0.15) is 13.2 Å². The Bertz CT molecular complexity index is 783. The molecule has 2 aliphatic carbocycles. The summed E-state index contributed by atoms with van der Waals surface area (Å²) < 4.78 is 45.7. The molecule has 0 saturated carbocycles. The van der Waals surface area contributed by atoms with Crippen LogP contribution in [0.1, 0.15) is 20.3 Å². The van der Waals surface area contributed by atoms with Gasteiger partial charge in [-0.1, -0.05) is 43.1 Å². The number of ketones is 1. The van der Waals surface area contributed by atoms with Crippen molar-refractivity contribution >= 4 is 14.1 Å². The highest BCUT2D eigenvalue weighted by atomic mass is 28.4. The van der Waals surface area contributed by atoms with Gasteiger partial charge in [0.25, 0.3) is 0 Å². The van der Waals surface area contributed by atoms with E-state index in [0.717, 1.165) is 18.1 Å². The zero-order valence-corrected chi connectivity index (χ0v) is 16.6. The van der Waals surface area contributed by atoms with Crippen LogP contribution in [-0.2, 0) is 9.22 Å². The lowest BCUT2D eigenvalue weighted by Gasteiger charge is -2.33. The molecule has 0 fully saturated rings. The van der Waals surface area contributed by atoms with Crippen LogP contribution < -0.4 is 0 Å². The van der Waals surface area contributed by atoms with E-state index < -0.39 is 20.1 Å². The number of carbonyl (C=O) groups is 1. The highest BCUT2D eigenvalue weighted by Gasteiger charge is 2.53. The van der Waals surface area contributed by atoms with E-state index in [9.17, 15) is 18.0 Å². The van der Waals surface area contributed by atoms with Crippen molar-refractivity contribution in [2.45, 2.75) is 51.7 Å². The molecule has 6 heteroatoms. The molecule has 0 aromatic rings. The summed E-state index contributed by atoms with van der Waals surface area (Å²) in [4.78, 5) is 11.8. The zero-order valence-electron chi connectivity index (χ0n) is 15.6. The number of hydrogen-bond acceptors (Lipinski definition) is 2. The SMILES string of the molecule is CC(CC#CC(C)(O[Si](C)(C)C)C(F)(F)F)C1=CC=C2C(=O)C=CC=C21. The third-order valence-electron chi connectivity index (χ3n) is 4.12. The van der Waals surface area contributed by atoms with Crippen molar-refractivity contribution in [1.82, 2.24) is 0 Å². The highest BCUT2D eigenvalue weighted by molar-refractivity contribution is 6.69. The van der Waals surface area contributed by atoms with Gasteiger partial charge in [-0.05, 0) is 49.7 Å². The van der Waals surface area contributed by atoms with E-state index in [-0.39, 0.29) is 18.1 Å². The molecule has 2 unspecified atom stereocenters. The Morgan fingerprint density at radius 2 is 1.81 bits per heavy atom. The van der Waals surface area contributed by atoms with Crippen LogP contribution in [0, 0.1) is 17.8 Å². The Labute approximate surface area is 153 Å². The number of halogens is 3. The number of carbonyl (C=O) groups excluding carboxylic acids is 1. The molecule has 140 valence electrons. The van der Waals surface area contributed by atoms with Gasteiger partial charge in [-0.15, -0.1) is 0 Å². The molecule has 0 saturated heterocycles. The van der Waals surface area contributed by atoms with Crippen molar-refractivity contribution in [3.8, 4) is 11.8 Å². The van der Waals surface area contributed by atoms with E-state index in [1.165, 1.54) is 6.08 Å². The molecule has 0 radical (unpaired) electrons. The lowest BCUT2D eigenvalue weighted by molar-refractivity contribution is -0.221. The van der Waals surface area contributed by atoms with E-state index in [2.05, 4.69) is 11.8 Å². The predicted octanol–water partition coefficient (Wildman–Crippen LogP) is 5.12. The van der Waals surface area contributed by atoms with Gasteiger partial charge < -0.3 is 4.43 Å². The molecule has 2 nitrogen and oxygen atoms in total. The van der Waals surface area contributed by atoms with Crippen LogP contribution in [0.15, 0.2) is 47.1 Å². The van der Waals surface area contributed by atoms with E-state index in [1.54, 1.807) is 31.8 Å². The summed E-state index contributed by atoms with van der Waals surface area (Å²) in [5, 5.41) is 0. The Hall–Kier alpha value is -1.84. The quantitative estimate of drug-likeness (QED) is 0.500. The molecule has 0 aliphatic heterocycles. The van der Waals surface area contributed by atoms with Crippen molar-refractivity contribution in [1.29, 1.82) is 0 Å². The van der Waals surface area contributed by atoms with E-state index in [0.29, 0.717) is 5.57 Å². The maximum Gasteiger partial charge on any atom is 0.427 e. The third kappa shape index (κ3) is 4.46. The molecule has 0 spiro atoms. The fraction of sp³-hybridized carbons (Fsp3) is 0.450. The fourth-order valence-corrected chi connectivity index (χ4v) is 4.30. The van der Waals surface area contributed by atoms with Gasteiger partial charge in [0.05, 0.1) is 0 Å². The molecular formula is C20H23F3O2Si. The van der Waals surface area contributed by atoms with E-state index in [4.69, 9.17) is 4.43 Å². The largest absolute Gasteiger partial charge is 0.427 e. The number of fused-ring (bicyclic) bond motifs is 1. The molecule has 26 heavy (non-hydrogen) atoms. The van der Waals surface area contributed by atoms with Gasteiger partial charge in [0.2, 0.25) is 5.60 Å². The Morgan fingerprint density at radius 3 is 2.38 bits per heavy atom. The maximum absolute atomic E-state index is 13.4. The first kappa shape index (κ1) is 20.5. The normalized spacial score (nSPS) is 20.3. The van der Waals surface area contributed by atoms with Crippen LogP contribution in [0.4, 0.5) is 13.2 Å². The van der Waals surface area contributed by atoms with Crippen molar-refractivity contribution in [3.63, 3.8) is 0 Å². The van der Waals surface area contributed by atoms with Gasteiger partial charge in [0.15, 0.2) is 14.1 Å². The van der Waals surface area contributed by atoms with Crippen LogP contribution in [0.25, 0.3) is 0 Å². The van der Waals surface area contributed by atoms with Crippen LogP contribution >= 0.6 is 0 Å². The summed E-state index contributed by atoms with van der Waals surface area (Å²) in [6.45, 7) is 8.00. The molecule has 0 bridgehead atoms. The maximum atomic E-state index is 13.4. The monoisotopic (exact) mass is 380 g/mol. The fourth-order valence-electron chi connectivity index (χ4n) is 2.91. The summed E-state index contributed by atoms with van der Waals surface area (Å²) >= 11 is 0. The molecule has 0 aromatic heterocycles. The minimum Gasteiger partial charge on any atom is -0.395 e. The van der Waals surface area contributed by atoms with Gasteiger partial charge in [0.1, 0.15) is 0 Å². The third-order valence-corrected chi connectivity index (χ3v) is 5.14. The summed E-state index contributed by atoms with van der Waals surface area (Å²) in [7, 11) is -2.43. The first-order valence-electron chi connectivity index (χ1n) is 8.46. The molecule has 2 atom stereocenters. The molecule has 0 aromatic carbocycles. The van der Waals surface area contributed by atoms with Gasteiger partial charge in [0, 0.05) is 12.0 Å². The van der Waals surface area contributed by atoms with Crippen molar-refractivity contribution < 1.29 is 22.4 Å². The number of rotatable bonds is 4. The van der Waals surface area contributed by atoms with Gasteiger partial charge >= 0.3 is 6.18 Å². The van der Waals surface area contributed by atoms with Gasteiger partial charge in [-0.25, -0.2) is 0 Å². The molecule has 0 heterocycles. The van der Waals surface area contributed by atoms with Crippen molar-refractivity contribution in [2.24, 2.45) is 5.92 Å². The highest BCUT2D eigenvalue weighted by Crippen LogP contribution is 2.37. The summed E-state index contributed by atoms with van der Waals surface area (Å²) in [6.07, 6.45) is 4.33. The standard InChI is InChI=1S/C20H23F3O2Si/c1-14(15-11-12-17-16(15)9-6-10-18(17)24)8-7-13-19(2,20(21,22)23)25-26(3,4)5/h6,9-12,14H,8H2,1-5H3.